The summed E-state index contributed by atoms with van der Waals surface area (Å²) in [4.78, 5) is 11.9. The molecule has 0 spiro atoms. The number of ether oxygens (including phenoxy) is 2. The summed E-state index contributed by atoms with van der Waals surface area (Å²) in [6, 6.07) is 7.03. The van der Waals surface area contributed by atoms with Crippen molar-refractivity contribution < 1.29 is 14.3 Å². The molecule has 100 valence electrons. The van der Waals surface area contributed by atoms with Crippen LogP contribution in [0.4, 0.5) is 0 Å². The van der Waals surface area contributed by atoms with Crippen LogP contribution in [-0.4, -0.2) is 31.8 Å². The van der Waals surface area contributed by atoms with Gasteiger partial charge in [-0.2, -0.15) is 0 Å². The number of esters is 1. The maximum absolute atomic E-state index is 11.9. The topological polar surface area (TPSA) is 47.6 Å². The summed E-state index contributed by atoms with van der Waals surface area (Å²) in [5.74, 6) is 0.343. The predicted octanol–water partition coefficient (Wildman–Crippen LogP) is 2.24. The molecule has 4 nitrogen and oxygen atoms in total. The normalized spacial score (nSPS) is 11.1. The van der Waals surface area contributed by atoms with Crippen LogP contribution < -0.4 is 10.1 Å². The highest BCUT2D eigenvalue weighted by Gasteiger charge is 2.17. The molecule has 0 aliphatic heterocycles. The zero-order valence-corrected chi connectivity index (χ0v) is 11.4. The number of benzene rings is 1. The Morgan fingerprint density at radius 1 is 1.33 bits per heavy atom. The average molecular weight is 251 g/mol. The van der Waals surface area contributed by atoms with Gasteiger partial charge in [0.25, 0.3) is 0 Å². The summed E-state index contributed by atoms with van der Waals surface area (Å²) in [5.41, 5.74) is 0.0203. The fraction of sp³-hybridized carbons (Fsp3) is 0.500. The Bertz CT molecular complexity index is 396. The van der Waals surface area contributed by atoms with Crippen molar-refractivity contribution in [1.29, 1.82) is 0 Å². The fourth-order valence-corrected chi connectivity index (χ4v) is 1.32. The van der Waals surface area contributed by atoms with Crippen molar-refractivity contribution in [2.45, 2.75) is 26.4 Å². The number of hydrogen-bond donors (Lipinski definition) is 1. The van der Waals surface area contributed by atoms with Gasteiger partial charge >= 0.3 is 5.97 Å². The molecule has 0 bridgehead atoms. The molecule has 18 heavy (non-hydrogen) atoms. The lowest BCUT2D eigenvalue weighted by Crippen LogP contribution is -2.23. The molecule has 0 saturated heterocycles. The van der Waals surface area contributed by atoms with Crippen molar-refractivity contribution in [1.82, 2.24) is 5.32 Å². The van der Waals surface area contributed by atoms with Crippen molar-refractivity contribution in [2.75, 3.05) is 20.2 Å². The van der Waals surface area contributed by atoms with Crippen molar-refractivity contribution in [3.8, 4) is 5.75 Å². The van der Waals surface area contributed by atoms with Gasteiger partial charge in [0.05, 0.1) is 5.56 Å². The van der Waals surface area contributed by atoms with Gasteiger partial charge in [0.2, 0.25) is 0 Å². The molecular formula is C14H21NO3. The number of likely N-dealkylation sites (N-methyl/N-ethyl adjacent to an activating group) is 1. The minimum atomic E-state index is -0.486. The van der Waals surface area contributed by atoms with Crippen LogP contribution in [-0.2, 0) is 4.74 Å². The van der Waals surface area contributed by atoms with E-state index in [-0.39, 0.29) is 5.97 Å². The van der Waals surface area contributed by atoms with E-state index in [9.17, 15) is 4.79 Å². The second-order valence-corrected chi connectivity index (χ2v) is 4.98. The summed E-state index contributed by atoms with van der Waals surface area (Å²) in [6.45, 7) is 6.86. The Balaban J connectivity index is 2.66. The monoisotopic (exact) mass is 251 g/mol. The molecule has 0 aliphatic carbocycles. The molecule has 0 aromatic heterocycles. The first kappa shape index (κ1) is 14.5. The van der Waals surface area contributed by atoms with Crippen LogP contribution in [0.25, 0.3) is 0 Å². The van der Waals surface area contributed by atoms with Gasteiger partial charge in [-0.1, -0.05) is 6.07 Å². The van der Waals surface area contributed by atoms with Gasteiger partial charge in [-0.05, 0) is 46.0 Å². The van der Waals surface area contributed by atoms with E-state index in [2.05, 4.69) is 5.32 Å². The maximum Gasteiger partial charge on any atom is 0.338 e. The number of nitrogens with one attached hydrogen (secondary N) is 1. The van der Waals surface area contributed by atoms with E-state index in [1.807, 2.05) is 33.9 Å². The number of hydrogen-bond acceptors (Lipinski definition) is 4. The third-order valence-corrected chi connectivity index (χ3v) is 2.09. The summed E-state index contributed by atoms with van der Waals surface area (Å²) in [6.07, 6.45) is 0. The standard InChI is InChI=1S/C14H21NO3/c1-14(2,3)18-13(16)11-6-5-7-12(10-11)17-9-8-15-4/h5-7,10,15H,8-9H2,1-4H3. The van der Waals surface area contributed by atoms with E-state index in [1.165, 1.54) is 0 Å². The highest BCUT2D eigenvalue weighted by molar-refractivity contribution is 5.90. The van der Waals surface area contributed by atoms with Gasteiger partial charge in [-0.15, -0.1) is 0 Å². The molecule has 0 atom stereocenters. The Kier molecular flexibility index (Phi) is 5.16. The Morgan fingerprint density at radius 2 is 2.06 bits per heavy atom. The molecule has 0 amide bonds. The molecule has 0 aliphatic rings. The van der Waals surface area contributed by atoms with E-state index < -0.39 is 5.60 Å². The minimum Gasteiger partial charge on any atom is -0.492 e. The molecule has 0 radical (unpaired) electrons. The van der Waals surface area contributed by atoms with Crippen molar-refractivity contribution >= 4 is 5.97 Å². The van der Waals surface area contributed by atoms with Crippen LogP contribution in [0.5, 0.6) is 5.75 Å². The zero-order valence-electron chi connectivity index (χ0n) is 11.4. The van der Waals surface area contributed by atoms with Crippen molar-refractivity contribution in [2.24, 2.45) is 0 Å². The van der Waals surface area contributed by atoms with Gasteiger partial charge in [0.15, 0.2) is 0 Å². The van der Waals surface area contributed by atoms with Crippen LogP contribution in [0.15, 0.2) is 24.3 Å². The number of carbonyl (C=O) groups is 1. The number of carbonyl (C=O) groups excluding carboxylic acids is 1. The van der Waals surface area contributed by atoms with Crippen molar-refractivity contribution in [3.63, 3.8) is 0 Å². The first-order valence-electron chi connectivity index (χ1n) is 6.03. The molecule has 1 rings (SSSR count). The van der Waals surface area contributed by atoms with Crippen molar-refractivity contribution in [3.05, 3.63) is 29.8 Å². The molecule has 4 heteroatoms. The summed E-state index contributed by atoms with van der Waals surface area (Å²) in [7, 11) is 1.86. The molecule has 0 fully saturated rings. The number of rotatable bonds is 5. The lowest BCUT2D eigenvalue weighted by Gasteiger charge is -2.19. The molecule has 0 heterocycles. The maximum atomic E-state index is 11.9. The predicted molar refractivity (Wildman–Crippen MR) is 71.0 cm³/mol. The Labute approximate surface area is 108 Å². The minimum absolute atomic E-state index is 0.332. The highest BCUT2D eigenvalue weighted by atomic mass is 16.6. The van der Waals surface area contributed by atoms with E-state index in [0.29, 0.717) is 17.9 Å². The zero-order chi connectivity index (χ0) is 13.6. The van der Waals surface area contributed by atoms with E-state index in [0.717, 1.165) is 6.54 Å². The van der Waals surface area contributed by atoms with Gasteiger partial charge in [0, 0.05) is 6.54 Å². The van der Waals surface area contributed by atoms with Gasteiger partial charge < -0.3 is 14.8 Å². The second kappa shape index (κ2) is 6.40. The van der Waals surface area contributed by atoms with Gasteiger partial charge in [-0.3, -0.25) is 0 Å². The van der Waals surface area contributed by atoms with Crippen LogP contribution in [0.1, 0.15) is 31.1 Å². The van der Waals surface area contributed by atoms with Crippen LogP contribution in [0.3, 0.4) is 0 Å². The molecule has 1 aromatic rings. The first-order valence-corrected chi connectivity index (χ1v) is 6.03. The molecular weight excluding hydrogens is 230 g/mol. The second-order valence-electron chi connectivity index (χ2n) is 4.98. The lowest BCUT2D eigenvalue weighted by molar-refractivity contribution is 0.00691. The average Bonchev–Trinajstić information content (AvgIpc) is 2.27. The summed E-state index contributed by atoms with van der Waals surface area (Å²) < 4.78 is 10.8. The summed E-state index contributed by atoms with van der Waals surface area (Å²) >= 11 is 0. The van der Waals surface area contributed by atoms with E-state index >= 15 is 0 Å². The Morgan fingerprint density at radius 3 is 2.67 bits per heavy atom. The fourth-order valence-electron chi connectivity index (χ4n) is 1.32. The molecule has 0 unspecified atom stereocenters. The third-order valence-electron chi connectivity index (χ3n) is 2.09. The first-order chi connectivity index (χ1) is 8.42. The summed E-state index contributed by atoms with van der Waals surface area (Å²) in [5, 5.41) is 2.99. The van der Waals surface area contributed by atoms with Gasteiger partial charge in [-0.25, -0.2) is 4.79 Å². The van der Waals surface area contributed by atoms with Crippen LogP contribution in [0, 0.1) is 0 Å². The van der Waals surface area contributed by atoms with E-state index in [1.54, 1.807) is 18.2 Å². The highest BCUT2D eigenvalue weighted by Crippen LogP contribution is 2.17. The Hall–Kier alpha value is -1.55. The lowest BCUT2D eigenvalue weighted by atomic mass is 10.1. The quantitative estimate of drug-likeness (QED) is 0.644. The van der Waals surface area contributed by atoms with Gasteiger partial charge in [0.1, 0.15) is 18.0 Å². The van der Waals surface area contributed by atoms with Crippen LogP contribution in [0.2, 0.25) is 0 Å². The molecule has 1 N–H and O–H groups in total. The SMILES string of the molecule is CNCCOc1cccc(C(=O)OC(C)(C)C)c1. The van der Waals surface area contributed by atoms with Crippen LogP contribution >= 0.6 is 0 Å². The smallest absolute Gasteiger partial charge is 0.338 e. The molecule has 1 aromatic carbocycles. The largest absolute Gasteiger partial charge is 0.492 e. The third kappa shape index (κ3) is 5.19. The molecule has 0 saturated carbocycles. The van der Waals surface area contributed by atoms with E-state index in [4.69, 9.17) is 9.47 Å².